The van der Waals surface area contributed by atoms with Gasteiger partial charge in [-0.2, -0.15) is 4.39 Å². The van der Waals surface area contributed by atoms with E-state index < -0.39 is 22.5 Å². The maximum absolute atomic E-state index is 13.5. The van der Waals surface area contributed by atoms with Gasteiger partial charge in [0, 0.05) is 17.8 Å². The molecule has 3 rings (SSSR count). The smallest absolute Gasteiger partial charge is 0.306 e. The van der Waals surface area contributed by atoms with E-state index in [-0.39, 0.29) is 23.6 Å². The predicted octanol–water partition coefficient (Wildman–Crippen LogP) is 3.82. The van der Waals surface area contributed by atoms with Crippen molar-refractivity contribution in [2.45, 2.75) is 32.9 Å². The second kappa shape index (κ2) is 9.08. The maximum atomic E-state index is 13.5. The lowest BCUT2D eigenvalue weighted by molar-refractivity contribution is -0.387. The van der Waals surface area contributed by atoms with E-state index in [4.69, 9.17) is 9.47 Å². The van der Waals surface area contributed by atoms with Crippen LogP contribution in [0.3, 0.4) is 0 Å². The number of hydrogen-bond donors (Lipinski definition) is 2. The Morgan fingerprint density at radius 3 is 2.47 bits per heavy atom. The molecule has 160 valence electrons. The molecule has 1 aliphatic heterocycles. The maximum Gasteiger partial charge on any atom is 0.306 e. The van der Waals surface area contributed by atoms with Crippen LogP contribution in [0.5, 0.6) is 11.5 Å². The van der Waals surface area contributed by atoms with Crippen LogP contribution >= 0.6 is 0 Å². The Balaban J connectivity index is 1.72. The number of carbonyl (C=O) groups is 1. The number of anilines is 1. The van der Waals surface area contributed by atoms with Crippen molar-refractivity contribution in [3.8, 4) is 11.5 Å². The molecule has 2 aromatic rings. The minimum atomic E-state index is -0.956. The van der Waals surface area contributed by atoms with E-state index in [1.165, 1.54) is 6.07 Å². The van der Waals surface area contributed by atoms with Crippen LogP contribution in [0.4, 0.5) is 15.8 Å². The van der Waals surface area contributed by atoms with Crippen molar-refractivity contribution >= 4 is 17.3 Å². The molecule has 0 spiro atoms. The lowest BCUT2D eigenvalue weighted by Crippen LogP contribution is -2.41. The highest BCUT2D eigenvalue weighted by molar-refractivity contribution is 5.94. The molecule has 0 aliphatic carbocycles. The summed E-state index contributed by atoms with van der Waals surface area (Å²) < 4.78 is 24.7. The molecule has 8 nitrogen and oxygen atoms in total. The van der Waals surface area contributed by atoms with Crippen LogP contribution in [-0.4, -0.2) is 30.1 Å². The van der Waals surface area contributed by atoms with E-state index in [2.05, 4.69) is 10.6 Å². The summed E-state index contributed by atoms with van der Waals surface area (Å²) in [6, 6.07) is 8.16. The first-order valence-corrected chi connectivity index (χ1v) is 9.66. The lowest BCUT2D eigenvalue weighted by atomic mass is 9.94. The fraction of sp³-hybridized carbons (Fsp3) is 0.381. The average molecular weight is 417 g/mol. The van der Waals surface area contributed by atoms with E-state index in [9.17, 15) is 19.3 Å². The molecule has 0 unspecified atom stereocenters. The fourth-order valence-electron chi connectivity index (χ4n) is 3.25. The average Bonchev–Trinajstić information content (AvgIpc) is 2.72. The number of benzene rings is 2. The van der Waals surface area contributed by atoms with E-state index in [1.807, 2.05) is 32.0 Å². The van der Waals surface area contributed by atoms with Crippen LogP contribution in [0, 0.1) is 21.8 Å². The predicted molar refractivity (Wildman–Crippen MR) is 109 cm³/mol. The van der Waals surface area contributed by atoms with Crippen LogP contribution in [0.2, 0.25) is 0 Å². The molecule has 2 aromatic carbocycles. The van der Waals surface area contributed by atoms with Crippen LogP contribution in [-0.2, 0) is 4.79 Å². The summed E-state index contributed by atoms with van der Waals surface area (Å²) in [7, 11) is 0. The zero-order valence-corrected chi connectivity index (χ0v) is 17.0. The molecule has 0 saturated heterocycles. The third-order valence-corrected chi connectivity index (χ3v) is 4.83. The zero-order valence-electron chi connectivity index (χ0n) is 17.0. The quantitative estimate of drug-likeness (QED) is 0.524. The molecule has 0 saturated carbocycles. The Hall–Kier alpha value is -3.20. The number of fused-ring (bicyclic) bond motifs is 1. The Morgan fingerprint density at radius 1 is 1.10 bits per heavy atom. The molecule has 30 heavy (non-hydrogen) atoms. The van der Waals surface area contributed by atoms with Crippen LogP contribution in [0.25, 0.3) is 0 Å². The summed E-state index contributed by atoms with van der Waals surface area (Å²) in [4.78, 5) is 22.7. The molecule has 0 bridgehead atoms. The Morgan fingerprint density at radius 2 is 1.80 bits per heavy atom. The topological polar surface area (TPSA) is 103 Å². The first-order chi connectivity index (χ1) is 14.3. The van der Waals surface area contributed by atoms with Gasteiger partial charge in [0.1, 0.15) is 13.2 Å². The van der Waals surface area contributed by atoms with E-state index in [0.29, 0.717) is 24.7 Å². The summed E-state index contributed by atoms with van der Waals surface area (Å²) in [5.74, 6) is 0.176. The fourth-order valence-corrected chi connectivity index (χ4v) is 3.25. The molecule has 1 amide bonds. The third-order valence-electron chi connectivity index (χ3n) is 4.83. The number of nitrogens with zero attached hydrogens (tertiary/aromatic N) is 1. The molecule has 1 aliphatic rings. The minimum Gasteiger partial charge on any atom is -0.486 e. The van der Waals surface area contributed by atoms with Gasteiger partial charge in [-0.15, -0.1) is 0 Å². The number of nitro groups is 1. The van der Waals surface area contributed by atoms with Gasteiger partial charge < -0.3 is 14.8 Å². The summed E-state index contributed by atoms with van der Waals surface area (Å²) in [5, 5.41) is 16.8. The summed E-state index contributed by atoms with van der Waals surface area (Å²) in [5.41, 5.74) is 0.415. The van der Waals surface area contributed by atoms with Crippen molar-refractivity contribution in [1.29, 1.82) is 0 Å². The number of nitro benzene ring substituents is 1. The monoisotopic (exact) mass is 417 g/mol. The van der Waals surface area contributed by atoms with Gasteiger partial charge in [0.15, 0.2) is 11.5 Å². The van der Waals surface area contributed by atoms with Gasteiger partial charge in [-0.05, 0) is 42.7 Å². The first kappa shape index (κ1) is 21.5. The number of carbonyl (C=O) groups excluding carboxylic acids is 1. The van der Waals surface area contributed by atoms with Gasteiger partial charge >= 0.3 is 5.69 Å². The SMILES string of the molecule is CC(C)[C@@H](N[C@@H](C)C(=O)Nc1ccc(F)c([N+](=O)[O-])c1)c1ccc2c(c1)OCCO2. The standard InChI is InChI=1S/C21H24FN3O5/c1-12(2)20(14-4-7-18-19(10-14)30-9-8-29-18)23-13(3)21(26)24-15-5-6-16(22)17(11-15)25(27)28/h4-7,10-13,20,23H,8-9H2,1-3H3,(H,24,26)/t13-,20+/m0/s1. The van der Waals surface area contributed by atoms with Gasteiger partial charge in [-0.1, -0.05) is 19.9 Å². The normalized spacial score (nSPS) is 14.8. The summed E-state index contributed by atoms with van der Waals surface area (Å²) in [6.07, 6.45) is 0. The molecular formula is C21H24FN3O5. The molecule has 2 N–H and O–H groups in total. The van der Waals surface area contributed by atoms with Gasteiger partial charge in [-0.3, -0.25) is 20.2 Å². The zero-order chi connectivity index (χ0) is 21.8. The number of halogens is 1. The Kier molecular flexibility index (Phi) is 6.51. The molecule has 1 heterocycles. The second-order valence-electron chi connectivity index (χ2n) is 7.43. The third kappa shape index (κ3) is 4.85. The minimum absolute atomic E-state index is 0.149. The van der Waals surface area contributed by atoms with Gasteiger partial charge in [-0.25, -0.2) is 0 Å². The molecule has 0 fully saturated rings. The number of hydrogen-bond acceptors (Lipinski definition) is 6. The number of amides is 1. The highest BCUT2D eigenvalue weighted by Crippen LogP contribution is 2.34. The van der Waals surface area contributed by atoms with Gasteiger partial charge in [0.25, 0.3) is 0 Å². The van der Waals surface area contributed by atoms with Crippen LogP contribution in [0.15, 0.2) is 36.4 Å². The molecular weight excluding hydrogens is 393 g/mol. The molecule has 0 radical (unpaired) electrons. The van der Waals surface area contributed by atoms with Crippen molar-refractivity contribution in [3.05, 3.63) is 57.9 Å². The highest BCUT2D eigenvalue weighted by atomic mass is 19.1. The largest absolute Gasteiger partial charge is 0.486 e. The van der Waals surface area contributed by atoms with Crippen molar-refractivity contribution in [2.24, 2.45) is 5.92 Å². The molecule has 9 heteroatoms. The number of rotatable bonds is 7. The van der Waals surface area contributed by atoms with Crippen LogP contribution < -0.4 is 20.1 Å². The van der Waals surface area contributed by atoms with Crippen LogP contribution in [0.1, 0.15) is 32.4 Å². The first-order valence-electron chi connectivity index (χ1n) is 9.66. The van der Waals surface area contributed by atoms with E-state index >= 15 is 0 Å². The van der Waals surface area contributed by atoms with Crippen molar-refractivity contribution in [1.82, 2.24) is 5.32 Å². The molecule has 2 atom stereocenters. The summed E-state index contributed by atoms with van der Waals surface area (Å²) in [6.45, 7) is 6.75. The number of nitrogens with one attached hydrogen (secondary N) is 2. The van der Waals surface area contributed by atoms with Crippen molar-refractivity contribution < 1.29 is 23.6 Å². The lowest BCUT2D eigenvalue weighted by Gasteiger charge is -2.28. The van der Waals surface area contributed by atoms with Gasteiger partial charge in [0.2, 0.25) is 11.7 Å². The van der Waals surface area contributed by atoms with Crippen molar-refractivity contribution in [3.63, 3.8) is 0 Å². The summed E-state index contributed by atoms with van der Waals surface area (Å²) >= 11 is 0. The molecule has 0 aromatic heterocycles. The van der Waals surface area contributed by atoms with Gasteiger partial charge in [0.05, 0.1) is 11.0 Å². The Labute approximate surface area is 173 Å². The highest BCUT2D eigenvalue weighted by Gasteiger charge is 2.24. The Bertz CT molecular complexity index is 950. The van der Waals surface area contributed by atoms with E-state index in [0.717, 1.165) is 17.7 Å². The van der Waals surface area contributed by atoms with Crippen molar-refractivity contribution in [2.75, 3.05) is 18.5 Å². The number of ether oxygens (including phenoxy) is 2. The van der Waals surface area contributed by atoms with E-state index in [1.54, 1.807) is 6.92 Å². The second-order valence-corrected chi connectivity index (χ2v) is 7.43.